The van der Waals surface area contributed by atoms with E-state index in [9.17, 15) is 0 Å². The van der Waals surface area contributed by atoms with E-state index >= 15 is 0 Å². The molecular weight excluding hydrogens is 271 g/mol. The van der Waals surface area contributed by atoms with Crippen molar-refractivity contribution < 1.29 is 0 Å². The monoisotopic (exact) mass is 286 g/mol. The van der Waals surface area contributed by atoms with E-state index in [0.29, 0.717) is 0 Å². The maximum Gasteiger partial charge on any atom is 0.0130 e. The Morgan fingerprint density at radius 1 is 0.923 bits per heavy atom. The molecule has 0 radical (unpaired) electrons. The summed E-state index contributed by atoms with van der Waals surface area (Å²) in [4.78, 5) is 0. The van der Waals surface area contributed by atoms with Crippen LogP contribution >= 0.6 is 22.6 Å². The molecule has 70 valence electrons. The third-order valence-electron chi connectivity index (χ3n) is 2.95. The van der Waals surface area contributed by atoms with Crippen molar-refractivity contribution in [2.75, 3.05) is 0 Å². The lowest BCUT2D eigenvalue weighted by Gasteiger charge is -2.21. The summed E-state index contributed by atoms with van der Waals surface area (Å²) in [6, 6.07) is 9.06. The first-order valence-electron chi connectivity index (χ1n) is 5.12. The van der Waals surface area contributed by atoms with E-state index < -0.39 is 0 Å². The van der Waals surface area contributed by atoms with Crippen LogP contribution in [0.3, 0.4) is 0 Å². The molecule has 1 heteroatoms. The molecule has 13 heavy (non-hydrogen) atoms. The van der Waals surface area contributed by atoms with Gasteiger partial charge in [0, 0.05) is 3.57 Å². The van der Waals surface area contributed by atoms with Gasteiger partial charge in [-0.2, -0.15) is 0 Å². The average Bonchev–Trinajstić information content (AvgIpc) is 2.20. The average molecular weight is 286 g/mol. The summed E-state index contributed by atoms with van der Waals surface area (Å²) in [5.74, 6) is 0.853. The molecule has 2 rings (SSSR count). The van der Waals surface area contributed by atoms with Crippen molar-refractivity contribution in [1.29, 1.82) is 0 Å². The van der Waals surface area contributed by atoms with E-state index in [2.05, 4.69) is 46.9 Å². The van der Waals surface area contributed by atoms with Crippen molar-refractivity contribution in [3.05, 3.63) is 33.4 Å². The van der Waals surface area contributed by atoms with Crippen LogP contribution in [0.1, 0.15) is 43.6 Å². The van der Waals surface area contributed by atoms with E-state index in [1.807, 2.05) is 0 Å². The van der Waals surface area contributed by atoms with Gasteiger partial charge in [-0.25, -0.2) is 0 Å². The van der Waals surface area contributed by atoms with Gasteiger partial charge in [-0.3, -0.25) is 0 Å². The van der Waals surface area contributed by atoms with Crippen LogP contribution in [0.25, 0.3) is 0 Å². The molecule has 0 amide bonds. The van der Waals surface area contributed by atoms with Crippen molar-refractivity contribution in [3.63, 3.8) is 0 Å². The van der Waals surface area contributed by atoms with E-state index in [4.69, 9.17) is 0 Å². The number of hydrogen-bond donors (Lipinski definition) is 0. The van der Waals surface area contributed by atoms with Crippen LogP contribution in [-0.2, 0) is 0 Å². The Morgan fingerprint density at radius 3 is 2.15 bits per heavy atom. The Hall–Kier alpha value is -0.0500. The third kappa shape index (κ3) is 2.46. The van der Waals surface area contributed by atoms with Crippen LogP contribution in [0.15, 0.2) is 24.3 Å². The molecule has 0 unspecified atom stereocenters. The summed E-state index contributed by atoms with van der Waals surface area (Å²) in [6.07, 6.45) is 7.11. The first-order chi connectivity index (χ1) is 6.36. The predicted molar refractivity (Wildman–Crippen MR) is 65.0 cm³/mol. The van der Waals surface area contributed by atoms with Crippen LogP contribution < -0.4 is 0 Å². The molecule has 0 nitrogen and oxygen atoms in total. The Balaban J connectivity index is 2.10. The summed E-state index contributed by atoms with van der Waals surface area (Å²) >= 11 is 2.37. The van der Waals surface area contributed by atoms with Crippen LogP contribution in [0.2, 0.25) is 0 Å². The molecule has 0 saturated heterocycles. The Labute approximate surface area is 93.9 Å². The highest BCUT2D eigenvalue weighted by molar-refractivity contribution is 14.1. The van der Waals surface area contributed by atoms with Crippen LogP contribution in [0.4, 0.5) is 0 Å². The molecular formula is C12H15I. The zero-order valence-corrected chi connectivity index (χ0v) is 9.96. The number of halogens is 1. The summed E-state index contributed by atoms with van der Waals surface area (Å²) in [6.45, 7) is 0. The first kappa shape index (κ1) is 9.50. The van der Waals surface area contributed by atoms with Crippen LogP contribution in [0.5, 0.6) is 0 Å². The van der Waals surface area contributed by atoms with Crippen molar-refractivity contribution in [1.82, 2.24) is 0 Å². The summed E-state index contributed by atoms with van der Waals surface area (Å²) < 4.78 is 1.34. The van der Waals surface area contributed by atoms with Crippen molar-refractivity contribution in [2.45, 2.75) is 38.0 Å². The van der Waals surface area contributed by atoms with Gasteiger partial charge >= 0.3 is 0 Å². The second kappa shape index (κ2) is 4.45. The van der Waals surface area contributed by atoms with Gasteiger partial charge in [0.05, 0.1) is 0 Å². The summed E-state index contributed by atoms with van der Waals surface area (Å²) in [5, 5.41) is 0. The van der Waals surface area contributed by atoms with Crippen molar-refractivity contribution >= 4 is 22.6 Å². The van der Waals surface area contributed by atoms with E-state index in [0.717, 1.165) is 5.92 Å². The lowest BCUT2D eigenvalue weighted by Crippen LogP contribution is -2.04. The molecule has 1 aromatic rings. The van der Waals surface area contributed by atoms with Crippen LogP contribution in [0, 0.1) is 3.57 Å². The summed E-state index contributed by atoms with van der Waals surface area (Å²) in [5.41, 5.74) is 1.56. The quantitative estimate of drug-likeness (QED) is 0.674. The molecule has 0 aromatic heterocycles. The van der Waals surface area contributed by atoms with Gasteiger partial charge in [0.2, 0.25) is 0 Å². The van der Waals surface area contributed by atoms with Gasteiger partial charge in [0.25, 0.3) is 0 Å². The topological polar surface area (TPSA) is 0 Å². The van der Waals surface area contributed by atoms with E-state index in [-0.39, 0.29) is 0 Å². The second-order valence-corrected chi connectivity index (χ2v) is 5.13. The fourth-order valence-corrected chi connectivity index (χ4v) is 2.53. The molecule has 0 bridgehead atoms. The molecule has 1 saturated carbocycles. The Morgan fingerprint density at radius 2 is 1.54 bits per heavy atom. The zero-order chi connectivity index (χ0) is 9.10. The third-order valence-corrected chi connectivity index (χ3v) is 3.67. The minimum atomic E-state index is 0.853. The fraction of sp³-hybridized carbons (Fsp3) is 0.500. The molecule has 0 heterocycles. The molecule has 1 aliphatic carbocycles. The second-order valence-electron chi connectivity index (χ2n) is 3.89. The standard InChI is InChI=1S/C12H15I/c13-12-8-6-11(7-9-12)10-4-2-1-3-5-10/h6-10H,1-5H2. The minimum Gasteiger partial charge on any atom is -0.0577 e. The lowest BCUT2D eigenvalue weighted by atomic mass is 9.84. The minimum absolute atomic E-state index is 0.853. The molecule has 1 fully saturated rings. The Kier molecular flexibility index (Phi) is 3.25. The van der Waals surface area contributed by atoms with Gasteiger partial charge in [-0.1, -0.05) is 31.4 Å². The maximum absolute atomic E-state index is 2.37. The van der Waals surface area contributed by atoms with Crippen LogP contribution in [-0.4, -0.2) is 0 Å². The highest BCUT2D eigenvalue weighted by atomic mass is 127. The van der Waals surface area contributed by atoms with Gasteiger partial charge in [0.1, 0.15) is 0 Å². The smallest absolute Gasteiger partial charge is 0.0130 e. The van der Waals surface area contributed by atoms with E-state index in [1.54, 1.807) is 5.56 Å². The molecule has 1 aliphatic rings. The molecule has 0 atom stereocenters. The molecule has 0 aliphatic heterocycles. The molecule has 0 N–H and O–H groups in total. The maximum atomic E-state index is 2.37. The number of benzene rings is 1. The highest BCUT2D eigenvalue weighted by Crippen LogP contribution is 2.32. The largest absolute Gasteiger partial charge is 0.0577 e. The van der Waals surface area contributed by atoms with Crippen molar-refractivity contribution in [2.24, 2.45) is 0 Å². The fourth-order valence-electron chi connectivity index (χ4n) is 2.17. The van der Waals surface area contributed by atoms with Gasteiger partial charge < -0.3 is 0 Å². The zero-order valence-electron chi connectivity index (χ0n) is 7.80. The number of hydrogen-bond acceptors (Lipinski definition) is 0. The highest BCUT2D eigenvalue weighted by Gasteiger charge is 2.14. The van der Waals surface area contributed by atoms with Gasteiger partial charge in [-0.05, 0) is 59.0 Å². The van der Waals surface area contributed by atoms with Gasteiger partial charge in [-0.15, -0.1) is 0 Å². The van der Waals surface area contributed by atoms with Gasteiger partial charge in [0.15, 0.2) is 0 Å². The number of rotatable bonds is 1. The molecule has 0 spiro atoms. The predicted octanol–water partition coefficient (Wildman–Crippen LogP) is 4.34. The summed E-state index contributed by atoms with van der Waals surface area (Å²) in [7, 11) is 0. The normalized spacial score (nSPS) is 18.8. The van der Waals surface area contributed by atoms with Crippen molar-refractivity contribution in [3.8, 4) is 0 Å². The molecule has 1 aromatic carbocycles. The first-order valence-corrected chi connectivity index (χ1v) is 6.19. The lowest BCUT2D eigenvalue weighted by molar-refractivity contribution is 0.443. The SMILES string of the molecule is Ic1ccc(C2CCCCC2)cc1. The Bertz CT molecular complexity index is 257. The van der Waals surface area contributed by atoms with E-state index in [1.165, 1.54) is 35.7 Å².